The molecule has 0 heterocycles. The van der Waals surface area contributed by atoms with Crippen molar-refractivity contribution in [2.24, 2.45) is 43.6 Å². The predicted octanol–water partition coefficient (Wildman–Crippen LogP) is -1.87. The first-order valence-electron chi connectivity index (χ1n) is 8.48. The third-order valence-electron chi connectivity index (χ3n) is 4.78. The topological polar surface area (TPSA) is 241 Å². The fraction of sp³-hybridized carbons (Fsp3) is 0.714. The van der Waals surface area contributed by atoms with Gasteiger partial charge >= 0.3 is 0 Å². The summed E-state index contributed by atoms with van der Waals surface area (Å²) in [6, 6.07) is -2.28. The number of oxime groups is 4. The highest BCUT2D eigenvalue weighted by molar-refractivity contribution is 5.89. The highest BCUT2D eigenvalue weighted by Gasteiger charge is 2.30. The molecule has 0 bridgehead atoms. The maximum absolute atomic E-state index is 8.99. The van der Waals surface area contributed by atoms with Gasteiger partial charge < -0.3 is 43.8 Å². The van der Waals surface area contributed by atoms with E-state index < -0.39 is 24.2 Å². The minimum Gasteiger partial charge on any atom is -0.409 e. The van der Waals surface area contributed by atoms with Crippen molar-refractivity contribution in [2.45, 2.75) is 51.9 Å². The third-order valence-corrected chi connectivity index (χ3v) is 4.78. The van der Waals surface area contributed by atoms with E-state index in [0.29, 0.717) is 0 Å². The molecule has 4 unspecified atom stereocenters. The fourth-order valence-corrected chi connectivity index (χ4v) is 2.69. The summed E-state index contributed by atoms with van der Waals surface area (Å²) in [7, 11) is 0. The minimum atomic E-state index is -0.569. The van der Waals surface area contributed by atoms with E-state index >= 15 is 0 Å². The average molecular weight is 404 g/mol. The maximum Gasteiger partial charge on any atom is 0.156 e. The molecule has 0 rings (SSSR count). The van der Waals surface area contributed by atoms with Crippen molar-refractivity contribution in [3.05, 3.63) is 0 Å². The first-order valence-corrected chi connectivity index (χ1v) is 8.48. The summed E-state index contributed by atoms with van der Waals surface area (Å²) < 4.78 is 0. The van der Waals surface area contributed by atoms with Crippen molar-refractivity contribution in [2.75, 3.05) is 13.1 Å². The van der Waals surface area contributed by atoms with Crippen molar-refractivity contribution in [3.63, 3.8) is 0 Å². The number of nitrogens with zero attached hydrogens (tertiary/aromatic N) is 6. The molecule has 4 atom stereocenters. The van der Waals surface area contributed by atoms with Crippen LogP contribution in [0.15, 0.2) is 20.6 Å². The molecule has 0 aliphatic carbocycles. The van der Waals surface area contributed by atoms with Crippen molar-refractivity contribution in [1.82, 2.24) is 9.80 Å². The molecule has 0 radical (unpaired) electrons. The molecule has 28 heavy (non-hydrogen) atoms. The van der Waals surface area contributed by atoms with E-state index in [1.807, 2.05) is 0 Å². The Morgan fingerprint density at radius 3 is 0.893 bits per heavy atom. The van der Waals surface area contributed by atoms with Crippen LogP contribution in [0, 0.1) is 0 Å². The van der Waals surface area contributed by atoms with Crippen molar-refractivity contribution < 1.29 is 20.8 Å². The van der Waals surface area contributed by atoms with E-state index in [0.717, 1.165) is 0 Å². The molecular weight excluding hydrogens is 372 g/mol. The SMILES string of the molecule is CC(C(N)=NO)N(CCN(C(C)C(N)=NO)C(C)C(N)=NO)C(C)C(N)=NO. The smallest absolute Gasteiger partial charge is 0.156 e. The Bertz CT molecular complexity index is 509. The van der Waals surface area contributed by atoms with Gasteiger partial charge in [-0.3, -0.25) is 9.80 Å². The standard InChI is InChI=1S/C14H32N10O4/c1-7(11(15)19-25)23(8(2)12(16)20-26)5-6-24(9(3)13(17)21-27)10(4)14(18)22-28/h7-10,25-28H,5-6H2,1-4H3,(H2,15,19)(H2,16,20)(H2,17,21)(H2,18,22). The second-order valence-corrected chi connectivity index (χ2v) is 6.28. The molecule has 14 heteroatoms. The van der Waals surface area contributed by atoms with Gasteiger partial charge in [0.05, 0.1) is 24.2 Å². The molecular formula is C14H32N10O4. The molecule has 0 aliphatic heterocycles. The van der Waals surface area contributed by atoms with Gasteiger partial charge in [-0.25, -0.2) is 0 Å². The molecule has 0 aliphatic rings. The van der Waals surface area contributed by atoms with Crippen LogP contribution < -0.4 is 22.9 Å². The van der Waals surface area contributed by atoms with Crippen LogP contribution in [0.2, 0.25) is 0 Å². The predicted molar refractivity (Wildman–Crippen MR) is 105 cm³/mol. The summed E-state index contributed by atoms with van der Waals surface area (Å²) in [6.07, 6.45) is 0. The summed E-state index contributed by atoms with van der Waals surface area (Å²) in [5, 5.41) is 48.0. The largest absolute Gasteiger partial charge is 0.409 e. The summed E-state index contributed by atoms with van der Waals surface area (Å²) >= 11 is 0. The monoisotopic (exact) mass is 404 g/mol. The third kappa shape index (κ3) is 6.31. The quantitative estimate of drug-likeness (QED) is 0.0825. The fourth-order valence-electron chi connectivity index (χ4n) is 2.69. The zero-order valence-electron chi connectivity index (χ0n) is 16.5. The van der Waals surface area contributed by atoms with Crippen LogP contribution in [-0.2, 0) is 0 Å². The van der Waals surface area contributed by atoms with E-state index in [1.54, 1.807) is 37.5 Å². The highest BCUT2D eigenvalue weighted by atomic mass is 16.4. The minimum absolute atomic E-state index is 0.0712. The Morgan fingerprint density at radius 1 is 0.571 bits per heavy atom. The Balaban J connectivity index is 5.78. The number of amidine groups is 4. The van der Waals surface area contributed by atoms with Crippen molar-refractivity contribution in [3.8, 4) is 0 Å². The van der Waals surface area contributed by atoms with Gasteiger partial charge in [0.1, 0.15) is 0 Å². The first kappa shape index (κ1) is 25.0. The molecule has 12 N–H and O–H groups in total. The molecule has 162 valence electrons. The molecule has 14 nitrogen and oxygen atoms in total. The lowest BCUT2D eigenvalue weighted by Crippen LogP contribution is -2.57. The molecule has 0 saturated heterocycles. The van der Waals surface area contributed by atoms with Crippen LogP contribution >= 0.6 is 0 Å². The molecule has 0 fully saturated rings. The van der Waals surface area contributed by atoms with Gasteiger partial charge in [-0.2, -0.15) is 0 Å². The lowest BCUT2D eigenvalue weighted by molar-refractivity contribution is 0.154. The second kappa shape index (κ2) is 11.7. The maximum atomic E-state index is 8.99. The lowest BCUT2D eigenvalue weighted by Gasteiger charge is -2.38. The van der Waals surface area contributed by atoms with Crippen molar-refractivity contribution >= 4 is 23.3 Å². The summed E-state index contributed by atoms with van der Waals surface area (Å²) in [5.41, 5.74) is 22.9. The van der Waals surface area contributed by atoms with E-state index in [2.05, 4.69) is 20.6 Å². The van der Waals surface area contributed by atoms with Gasteiger partial charge in [0.2, 0.25) is 0 Å². The second-order valence-electron chi connectivity index (χ2n) is 6.28. The van der Waals surface area contributed by atoms with Crippen LogP contribution in [0.25, 0.3) is 0 Å². The van der Waals surface area contributed by atoms with E-state index in [1.165, 1.54) is 0 Å². The Kier molecular flexibility index (Phi) is 10.4. The Morgan fingerprint density at radius 2 is 0.750 bits per heavy atom. The van der Waals surface area contributed by atoms with Gasteiger partial charge in [-0.1, -0.05) is 20.6 Å². The van der Waals surface area contributed by atoms with Gasteiger partial charge in [0.25, 0.3) is 0 Å². The van der Waals surface area contributed by atoms with Gasteiger partial charge in [0.15, 0.2) is 23.3 Å². The van der Waals surface area contributed by atoms with Gasteiger partial charge in [-0.15, -0.1) is 0 Å². The normalized spacial score (nSPS) is 18.9. The molecule has 0 aromatic heterocycles. The zero-order valence-corrected chi connectivity index (χ0v) is 16.5. The number of nitrogens with two attached hydrogens (primary N) is 4. The highest BCUT2D eigenvalue weighted by Crippen LogP contribution is 2.12. The number of rotatable bonds is 11. The Labute approximate surface area is 163 Å². The first-order chi connectivity index (χ1) is 13.1. The van der Waals surface area contributed by atoms with E-state index in [-0.39, 0.29) is 36.4 Å². The summed E-state index contributed by atoms with van der Waals surface area (Å²) in [4.78, 5) is 3.43. The summed E-state index contributed by atoms with van der Waals surface area (Å²) in [6.45, 7) is 7.25. The van der Waals surface area contributed by atoms with Crippen LogP contribution in [0.3, 0.4) is 0 Å². The van der Waals surface area contributed by atoms with Crippen LogP contribution in [0.1, 0.15) is 27.7 Å². The molecule has 0 amide bonds. The number of hydrogen-bond acceptors (Lipinski definition) is 10. The molecule has 0 aromatic carbocycles. The lowest BCUT2D eigenvalue weighted by atomic mass is 10.1. The zero-order chi connectivity index (χ0) is 22.0. The van der Waals surface area contributed by atoms with Crippen LogP contribution in [0.4, 0.5) is 0 Å². The Hall–Kier alpha value is -3.00. The van der Waals surface area contributed by atoms with Crippen LogP contribution in [0.5, 0.6) is 0 Å². The molecule has 0 saturated carbocycles. The van der Waals surface area contributed by atoms with E-state index in [4.69, 9.17) is 43.8 Å². The summed E-state index contributed by atoms with van der Waals surface area (Å²) in [5.74, 6) is -0.285. The number of hydrogen-bond donors (Lipinski definition) is 8. The van der Waals surface area contributed by atoms with Crippen LogP contribution in [-0.4, -0.2) is 91.2 Å². The van der Waals surface area contributed by atoms with Gasteiger partial charge in [0, 0.05) is 13.1 Å². The van der Waals surface area contributed by atoms with E-state index in [9.17, 15) is 0 Å². The van der Waals surface area contributed by atoms with Gasteiger partial charge in [-0.05, 0) is 27.7 Å². The molecule has 0 spiro atoms. The molecule has 0 aromatic rings. The average Bonchev–Trinajstić information content (AvgIpc) is 2.72. The van der Waals surface area contributed by atoms with Crippen molar-refractivity contribution in [1.29, 1.82) is 0 Å².